The zero-order valence-electron chi connectivity index (χ0n) is 11.2. The maximum absolute atomic E-state index is 11.9. The van der Waals surface area contributed by atoms with Crippen LogP contribution in [0.3, 0.4) is 0 Å². The van der Waals surface area contributed by atoms with Crippen molar-refractivity contribution in [2.24, 2.45) is 11.3 Å². The molecule has 1 aliphatic heterocycles. The Hall–Kier alpha value is -1.39. The topological polar surface area (TPSA) is 74.7 Å². The summed E-state index contributed by atoms with van der Waals surface area (Å²) >= 11 is 0. The smallest absolute Gasteiger partial charge is 0.311 e. The van der Waals surface area contributed by atoms with Crippen molar-refractivity contribution >= 4 is 17.8 Å². The molecule has 102 valence electrons. The van der Waals surface area contributed by atoms with Crippen LogP contribution >= 0.6 is 0 Å². The van der Waals surface area contributed by atoms with E-state index in [4.69, 9.17) is 0 Å². The molecule has 0 aromatic rings. The standard InChI is InChI=1S/C13H21NO4/c1-4-13(5-2,12(17)18)8-14-10(15)6-9(3)7-11(14)16/h9H,4-8H2,1-3H3,(H,17,18). The van der Waals surface area contributed by atoms with Crippen LogP contribution < -0.4 is 0 Å². The van der Waals surface area contributed by atoms with Gasteiger partial charge in [0, 0.05) is 19.4 Å². The maximum Gasteiger partial charge on any atom is 0.311 e. The molecule has 0 unspecified atom stereocenters. The van der Waals surface area contributed by atoms with Gasteiger partial charge in [-0.1, -0.05) is 20.8 Å². The monoisotopic (exact) mass is 255 g/mol. The molecule has 1 fully saturated rings. The summed E-state index contributed by atoms with van der Waals surface area (Å²) in [6, 6.07) is 0. The molecular weight excluding hydrogens is 234 g/mol. The quantitative estimate of drug-likeness (QED) is 0.758. The summed E-state index contributed by atoms with van der Waals surface area (Å²) < 4.78 is 0. The molecular formula is C13H21NO4. The van der Waals surface area contributed by atoms with E-state index in [0.29, 0.717) is 25.7 Å². The number of aliphatic carboxylic acids is 1. The fraction of sp³-hybridized carbons (Fsp3) is 0.769. The van der Waals surface area contributed by atoms with Crippen molar-refractivity contribution in [3.63, 3.8) is 0 Å². The van der Waals surface area contributed by atoms with Crippen LogP contribution in [0.4, 0.5) is 0 Å². The third-order valence-electron chi connectivity index (χ3n) is 3.92. The molecule has 0 aromatic carbocycles. The van der Waals surface area contributed by atoms with Gasteiger partial charge in [-0.2, -0.15) is 0 Å². The first-order valence-electron chi connectivity index (χ1n) is 6.43. The van der Waals surface area contributed by atoms with Crippen molar-refractivity contribution in [1.82, 2.24) is 4.90 Å². The van der Waals surface area contributed by atoms with E-state index in [-0.39, 0.29) is 24.3 Å². The molecule has 0 atom stereocenters. The number of carbonyl (C=O) groups is 3. The Morgan fingerprint density at radius 3 is 2.06 bits per heavy atom. The summed E-state index contributed by atoms with van der Waals surface area (Å²) in [5.41, 5.74) is -1.01. The molecule has 5 heteroatoms. The zero-order chi connectivity index (χ0) is 13.9. The zero-order valence-corrected chi connectivity index (χ0v) is 11.2. The lowest BCUT2D eigenvalue weighted by Crippen LogP contribution is -2.50. The molecule has 1 saturated heterocycles. The summed E-state index contributed by atoms with van der Waals surface area (Å²) in [4.78, 5) is 36.2. The van der Waals surface area contributed by atoms with Gasteiger partial charge in [0.2, 0.25) is 11.8 Å². The number of likely N-dealkylation sites (tertiary alicyclic amines) is 1. The lowest BCUT2D eigenvalue weighted by atomic mass is 9.81. The van der Waals surface area contributed by atoms with Gasteiger partial charge in [0.15, 0.2) is 0 Å². The van der Waals surface area contributed by atoms with Crippen LogP contribution in [0.5, 0.6) is 0 Å². The first-order valence-corrected chi connectivity index (χ1v) is 6.43. The Morgan fingerprint density at radius 1 is 1.28 bits per heavy atom. The van der Waals surface area contributed by atoms with Crippen LogP contribution in [-0.4, -0.2) is 34.3 Å². The van der Waals surface area contributed by atoms with Gasteiger partial charge in [0.05, 0.1) is 5.41 Å². The Labute approximate surface area is 107 Å². The fourth-order valence-corrected chi connectivity index (χ4v) is 2.35. The van der Waals surface area contributed by atoms with Gasteiger partial charge in [-0.15, -0.1) is 0 Å². The number of amides is 2. The lowest BCUT2D eigenvalue weighted by Gasteiger charge is -2.35. The van der Waals surface area contributed by atoms with Gasteiger partial charge in [-0.05, 0) is 18.8 Å². The molecule has 1 N–H and O–H groups in total. The number of hydrogen-bond acceptors (Lipinski definition) is 3. The van der Waals surface area contributed by atoms with Gasteiger partial charge < -0.3 is 5.11 Å². The van der Waals surface area contributed by atoms with Crippen LogP contribution in [0.25, 0.3) is 0 Å². The second kappa shape index (κ2) is 5.50. The van der Waals surface area contributed by atoms with Crippen molar-refractivity contribution < 1.29 is 19.5 Å². The Balaban J connectivity index is 2.90. The van der Waals surface area contributed by atoms with E-state index in [2.05, 4.69) is 0 Å². The number of nitrogens with zero attached hydrogens (tertiary/aromatic N) is 1. The number of hydrogen-bond donors (Lipinski definition) is 1. The molecule has 0 radical (unpaired) electrons. The SMILES string of the molecule is CCC(CC)(CN1C(=O)CC(C)CC1=O)C(=O)O. The molecule has 18 heavy (non-hydrogen) atoms. The molecule has 1 heterocycles. The Bertz CT molecular complexity index is 342. The van der Waals surface area contributed by atoms with Crippen LogP contribution in [0.15, 0.2) is 0 Å². The minimum atomic E-state index is -1.01. The van der Waals surface area contributed by atoms with Crippen molar-refractivity contribution in [3.05, 3.63) is 0 Å². The van der Waals surface area contributed by atoms with E-state index < -0.39 is 11.4 Å². The summed E-state index contributed by atoms with van der Waals surface area (Å²) in [5.74, 6) is -1.37. The van der Waals surface area contributed by atoms with Gasteiger partial charge in [0.25, 0.3) is 0 Å². The van der Waals surface area contributed by atoms with Crippen LogP contribution in [-0.2, 0) is 14.4 Å². The van der Waals surface area contributed by atoms with E-state index in [0.717, 1.165) is 4.90 Å². The molecule has 1 aliphatic rings. The average Bonchev–Trinajstić information content (AvgIpc) is 2.28. The number of rotatable bonds is 5. The maximum atomic E-state index is 11.9. The number of carboxylic acid groups (broad SMARTS) is 1. The van der Waals surface area contributed by atoms with Crippen molar-refractivity contribution in [2.75, 3.05) is 6.54 Å². The minimum Gasteiger partial charge on any atom is -0.481 e. The average molecular weight is 255 g/mol. The highest BCUT2D eigenvalue weighted by Crippen LogP contribution is 2.30. The normalized spacial score (nSPS) is 18.3. The molecule has 0 aromatic heterocycles. The fourth-order valence-electron chi connectivity index (χ4n) is 2.35. The molecule has 2 amide bonds. The van der Waals surface area contributed by atoms with Crippen molar-refractivity contribution in [1.29, 1.82) is 0 Å². The van der Waals surface area contributed by atoms with E-state index in [9.17, 15) is 19.5 Å². The summed E-state index contributed by atoms with van der Waals surface area (Å²) in [7, 11) is 0. The number of imide groups is 1. The molecule has 0 saturated carbocycles. The second-order valence-corrected chi connectivity index (χ2v) is 5.18. The highest BCUT2D eigenvalue weighted by Gasteiger charge is 2.41. The third-order valence-corrected chi connectivity index (χ3v) is 3.92. The lowest BCUT2D eigenvalue weighted by molar-refractivity contribution is -0.158. The third kappa shape index (κ3) is 2.71. The van der Waals surface area contributed by atoms with E-state index in [1.165, 1.54) is 0 Å². The van der Waals surface area contributed by atoms with E-state index >= 15 is 0 Å². The van der Waals surface area contributed by atoms with Gasteiger partial charge in [-0.25, -0.2) is 0 Å². The number of carboxylic acids is 1. The first kappa shape index (κ1) is 14.7. The molecule has 0 spiro atoms. The Kier molecular flexibility index (Phi) is 4.48. The van der Waals surface area contributed by atoms with Gasteiger partial charge in [0.1, 0.15) is 0 Å². The molecule has 0 aliphatic carbocycles. The first-order chi connectivity index (χ1) is 8.36. The number of carbonyl (C=O) groups excluding carboxylic acids is 2. The largest absolute Gasteiger partial charge is 0.481 e. The molecule has 1 rings (SSSR count). The number of piperidine rings is 1. The second-order valence-electron chi connectivity index (χ2n) is 5.18. The predicted molar refractivity (Wildman–Crippen MR) is 65.8 cm³/mol. The van der Waals surface area contributed by atoms with Crippen molar-refractivity contribution in [3.8, 4) is 0 Å². The Morgan fingerprint density at radius 2 is 1.72 bits per heavy atom. The van der Waals surface area contributed by atoms with Gasteiger partial charge >= 0.3 is 5.97 Å². The van der Waals surface area contributed by atoms with Crippen LogP contribution in [0, 0.1) is 11.3 Å². The summed E-state index contributed by atoms with van der Waals surface area (Å²) in [6.45, 7) is 5.41. The summed E-state index contributed by atoms with van der Waals surface area (Å²) in [6.07, 6.45) is 1.47. The predicted octanol–water partition coefficient (Wildman–Crippen LogP) is 1.66. The highest BCUT2D eigenvalue weighted by atomic mass is 16.4. The van der Waals surface area contributed by atoms with Crippen molar-refractivity contribution in [2.45, 2.75) is 46.5 Å². The van der Waals surface area contributed by atoms with Crippen LogP contribution in [0.2, 0.25) is 0 Å². The highest BCUT2D eigenvalue weighted by molar-refractivity contribution is 5.98. The minimum absolute atomic E-state index is 0.000278. The molecule has 0 bridgehead atoms. The van der Waals surface area contributed by atoms with Crippen LogP contribution in [0.1, 0.15) is 46.5 Å². The van der Waals surface area contributed by atoms with Gasteiger partial charge in [-0.3, -0.25) is 19.3 Å². The summed E-state index contributed by atoms with van der Waals surface area (Å²) in [5, 5.41) is 9.33. The molecule has 5 nitrogen and oxygen atoms in total. The van der Waals surface area contributed by atoms with E-state index in [1.807, 2.05) is 6.92 Å². The van der Waals surface area contributed by atoms with E-state index in [1.54, 1.807) is 13.8 Å².